The van der Waals surface area contributed by atoms with Crippen LogP contribution in [0.3, 0.4) is 0 Å². The Kier molecular flexibility index (Phi) is 8.12. The number of piperidine rings is 1. The van der Waals surface area contributed by atoms with Crippen molar-refractivity contribution in [3.05, 3.63) is 58.1 Å². The molecule has 2 aliphatic rings. The predicted octanol–water partition coefficient (Wildman–Crippen LogP) is 4.74. The molecule has 0 bridgehead atoms. The number of carbonyl (C=O) groups excluding carboxylic acids is 2. The molecule has 2 fully saturated rings. The monoisotopic (exact) mass is 489 g/mol. The lowest BCUT2D eigenvalue weighted by Crippen LogP contribution is -2.52. The molecule has 0 aromatic heterocycles. The van der Waals surface area contributed by atoms with Crippen LogP contribution in [-0.2, 0) is 4.79 Å². The van der Waals surface area contributed by atoms with Crippen molar-refractivity contribution in [2.75, 3.05) is 50.8 Å². The number of hydrogen-bond acceptors (Lipinski definition) is 4. The molecule has 0 spiro atoms. The Morgan fingerprint density at radius 3 is 2.36 bits per heavy atom. The highest BCUT2D eigenvalue weighted by Crippen LogP contribution is 2.25. The zero-order chi connectivity index (χ0) is 23.2. The fourth-order valence-corrected chi connectivity index (χ4v) is 4.61. The molecule has 0 N–H and O–H groups in total. The van der Waals surface area contributed by atoms with Gasteiger partial charge in [0, 0.05) is 30.9 Å². The Hall–Kier alpha value is -2.28. The van der Waals surface area contributed by atoms with Gasteiger partial charge in [-0.1, -0.05) is 29.6 Å². The lowest BCUT2D eigenvalue weighted by molar-refractivity contribution is -0.120. The highest BCUT2D eigenvalue weighted by Gasteiger charge is 2.28. The van der Waals surface area contributed by atoms with Crippen molar-refractivity contribution in [3.63, 3.8) is 0 Å². The van der Waals surface area contributed by atoms with Gasteiger partial charge < -0.3 is 19.4 Å². The Balaban J connectivity index is 1.26. The number of benzene rings is 2. The van der Waals surface area contributed by atoms with Crippen molar-refractivity contribution >= 4 is 40.7 Å². The van der Waals surface area contributed by atoms with Crippen LogP contribution in [0.4, 0.5) is 5.69 Å². The van der Waals surface area contributed by atoms with Crippen LogP contribution in [0.2, 0.25) is 10.0 Å². The van der Waals surface area contributed by atoms with Crippen LogP contribution in [0.1, 0.15) is 36.0 Å². The number of halogens is 2. The average molecular weight is 490 g/mol. The van der Waals surface area contributed by atoms with Crippen molar-refractivity contribution in [1.29, 1.82) is 0 Å². The van der Waals surface area contributed by atoms with Gasteiger partial charge in [0.15, 0.2) is 0 Å². The minimum absolute atomic E-state index is 0.0217. The van der Waals surface area contributed by atoms with Crippen LogP contribution >= 0.6 is 23.2 Å². The molecule has 33 heavy (non-hydrogen) atoms. The summed E-state index contributed by atoms with van der Waals surface area (Å²) in [6.45, 7) is 5.07. The summed E-state index contributed by atoms with van der Waals surface area (Å²) in [5.41, 5.74) is 1.23. The Morgan fingerprint density at radius 1 is 0.909 bits per heavy atom. The molecular formula is C25H29Cl2N3O3. The van der Waals surface area contributed by atoms with Gasteiger partial charge in [0.25, 0.3) is 5.91 Å². The first-order valence-corrected chi connectivity index (χ1v) is 12.3. The topological polar surface area (TPSA) is 53.1 Å². The Bertz CT molecular complexity index is 977. The first kappa shape index (κ1) is 23.9. The summed E-state index contributed by atoms with van der Waals surface area (Å²) >= 11 is 12.0. The Labute approximate surface area is 205 Å². The molecule has 4 rings (SSSR count). The summed E-state index contributed by atoms with van der Waals surface area (Å²) in [5, 5.41) is 0.713. The Morgan fingerprint density at radius 2 is 1.67 bits per heavy atom. The normalized spacial score (nSPS) is 17.3. The smallest absolute Gasteiger partial charge is 0.254 e. The van der Waals surface area contributed by atoms with E-state index in [0.29, 0.717) is 35.3 Å². The van der Waals surface area contributed by atoms with Gasteiger partial charge in [-0.3, -0.25) is 9.59 Å². The van der Waals surface area contributed by atoms with E-state index in [0.717, 1.165) is 24.4 Å². The summed E-state index contributed by atoms with van der Waals surface area (Å²) < 4.78 is 5.88. The number of ether oxygens (including phenoxy) is 1. The summed E-state index contributed by atoms with van der Waals surface area (Å²) in [4.78, 5) is 31.3. The lowest BCUT2D eigenvalue weighted by Gasteiger charge is -2.34. The standard InChI is InChI=1S/C25H29Cl2N3O3/c26-22-10-5-19(17-23(22)27)25(32)29-14-15-30(24(31)18-29)20-6-8-21(9-7-20)33-16-4-13-28-11-2-1-3-12-28/h5-10,17H,1-4,11-16,18H2. The van der Waals surface area contributed by atoms with Gasteiger partial charge >= 0.3 is 0 Å². The first-order chi connectivity index (χ1) is 16.0. The third kappa shape index (κ3) is 6.19. The maximum atomic E-state index is 12.8. The van der Waals surface area contributed by atoms with Crippen molar-refractivity contribution in [2.24, 2.45) is 0 Å². The highest BCUT2D eigenvalue weighted by molar-refractivity contribution is 6.42. The van der Waals surface area contributed by atoms with Crippen LogP contribution in [0.15, 0.2) is 42.5 Å². The van der Waals surface area contributed by atoms with E-state index in [1.54, 1.807) is 17.0 Å². The van der Waals surface area contributed by atoms with E-state index >= 15 is 0 Å². The van der Waals surface area contributed by atoms with Gasteiger partial charge in [-0.15, -0.1) is 0 Å². The van der Waals surface area contributed by atoms with E-state index in [1.165, 1.54) is 43.3 Å². The largest absolute Gasteiger partial charge is 0.494 e. The quantitative estimate of drug-likeness (QED) is 0.527. The molecular weight excluding hydrogens is 461 g/mol. The molecule has 2 amide bonds. The van der Waals surface area contributed by atoms with Crippen molar-refractivity contribution in [1.82, 2.24) is 9.80 Å². The minimum atomic E-state index is -0.227. The van der Waals surface area contributed by atoms with Gasteiger partial charge in [0.05, 0.1) is 16.7 Å². The zero-order valence-electron chi connectivity index (χ0n) is 18.6. The highest BCUT2D eigenvalue weighted by atomic mass is 35.5. The summed E-state index contributed by atoms with van der Waals surface area (Å²) in [6, 6.07) is 12.3. The van der Waals surface area contributed by atoms with Crippen LogP contribution in [0.25, 0.3) is 0 Å². The minimum Gasteiger partial charge on any atom is -0.494 e. The van der Waals surface area contributed by atoms with Gasteiger partial charge in [-0.25, -0.2) is 0 Å². The van der Waals surface area contributed by atoms with Gasteiger partial charge in [0.2, 0.25) is 5.91 Å². The number of nitrogens with zero attached hydrogens (tertiary/aromatic N) is 3. The molecule has 8 heteroatoms. The van der Waals surface area contributed by atoms with Gasteiger partial charge in [-0.05, 0) is 74.8 Å². The first-order valence-electron chi connectivity index (χ1n) is 11.5. The van der Waals surface area contributed by atoms with Crippen molar-refractivity contribution in [2.45, 2.75) is 25.7 Å². The number of anilines is 1. The predicted molar refractivity (Wildman–Crippen MR) is 132 cm³/mol. The molecule has 2 heterocycles. The second-order valence-electron chi connectivity index (χ2n) is 8.50. The summed E-state index contributed by atoms with van der Waals surface area (Å²) in [6.07, 6.45) is 4.97. The number of piperazine rings is 1. The number of hydrogen-bond donors (Lipinski definition) is 0. The SMILES string of the molecule is O=C(c1ccc(Cl)c(Cl)c1)N1CCN(c2ccc(OCCCN3CCCCC3)cc2)C(=O)C1. The van der Waals surface area contributed by atoms with E-state index in [2.05, 4.69) is 4.90 Å². The molecule has 0 radical (unpaired) electrons. The van der Waals surface area contributed by atoms with Crippen LogP contribution in [0, 0.1) is 0 Å². The van der Waals surface area contributed by atoms with Gasteiger partial charge in [0.1, 0.15) is 12.3 Å². The molecule has 0 saturated carbocycles. The lowest BCUT2D eigenvalue weighted by atomic mass is 10.1. The molecule has 176 valence electrons. The van der Waals surface area contributed by atoms with E-state index < -0.39 is 0 Å². The van der Waals surface area contributed by atoms with Gasteiger partial charge in [-0.2, -0.15) is 0 Å². The average Bonchev–Trinajstić information content (AvgIpc) is 2.84. The molecule has 6 nitrogen and oxygen atoms in total. The van der Waals surface area contributed by atoms with E-state index in [1.807, 2.05) is 24.3 Å². The second-order valence-corrected chi connectivity index (χ2v) is 9.31. The van der Waals surface area contributed by atoms with Crippen LogP contribution in [0.5, 0.6) is 5.75 Å². The van der Waals surface area contributed by atoms with E-state index in [4.69, 9.17) is 27.9 Å². The van der Waals surface area contributed by atoms with E-state index in [9.17, 15) is 9.59 Å². The molecule has 2 aliphatic heterocycles. The fraction of sp³-hybridized carbons (Fsp3) is 0.440. The van der Waals surface area contributed by atoms with Crippen LogP contribution in [-0.4, -0.2) is 67.5 Å². The third-order valence-corrected chi connectivity index (χ3v) is 6.90. The number of amides is 2. The zero-order valence-corrected chi connectivity index (χ0v) is 20.2. The maximum Gasteiger partial charge on any atom is 0.254 e. The summed E-state index contributed by atoms with van der Waals surface area (Å²) in [5.74, 6) is 0.456. The molecule has 2 aromatic rings. The molecule has 0 atom stereocenters. The number of likely N-dealkylation sites (tertiary alicyclic amines) is 1. The van der Waals surface area contributed by atoms with Crippen LogP contribution < -0.4 is 9.64 Å². The van der Waals surface area contributed by atoms with E-state index in [-0.39, 0.29) is 18.4 Å². The third-order valence-electron chi connectivity index (χ3n) is 6.16. The fourth-order valence-electron chi connectivity index (χ4n) is 4.31. The van der Waals surface area contributed by atoms with Crippen molar-refractivity contribution in [3.8, 4) is 5.75 Å². The molecule has 0 unspecified atom stereocenters. The van der Waals surface area contributed by atoms with Crippen molar-refractivity contribution < 1.29 is 14.3 Å². The molecule has 0 aliphatic carbocycles. The maximum absolute atomic E-state index is 12.8. The molecule has 2 saturated heterocycles. The summed E-state index contributed by atoms with van der Waals surface area (Å²) in [7, 11) is 0. The second kappa shape index (κ2) is 11.2. The molecule has 2 aromatic carbocycles. The number of rotatable bonds is 7. The number of carbonyl (C=O) groups is 2.